The maximum absolute atomic E-state index is 11.8. The Balaban J connectivity index is 1.19. The van der Waals surface area contributed by atoms with Crippen LogP contribution in [0, 0.1) is 0 Å². The lowest BCUT2D eigenvalue weighted by atomic mass is 9.86. The molecule has 1 unspecified atom stereocenters. The van der Waals surface area contributed by atoms with Crippen molar-refractivity contribution < 1.29 is 73.2 Å². The highest BCUT2D eigenvalue weighted by Crippen LogP contribution is 2.57. The van der Waals surface area contributed by atoms with E-state index in [4.69, 9.17) is 38.3 Å². The van der Waals surface area contributed by atoms with Gasteiger partial charge in [-0.15, -0.1) is 0 Å². The van der Waals surface area contributed by atoms with Gasteiger partial charge in [0.1, 0.15) is 80.0 Å². The Hall–Kier alpha value is -4.71. The van der Waals surface area contributed by atoms with Gasteiger partial charge in [0.05, 0.1) is 19.6 Å². The van der Waals surface area contributed by atoms with E-state index in [0.717, 1.165) is 32.9 Å². The number of rotatable bonds is 11. The van der Waals surface area contributed by atoms with Gasteiger partial charge in [0.2, 0.25) is 12.0 Å². The molecule has 2 aromatic rings. The monoisotopic (exact) mass is 683 g/mol. The molecule has 0 amide bonds. The fourth-order valence-corrected chi connectivity index (χ4v) is 6.79. The average Bonchev–Trinajstić information content (AvgIpc) is 3.77. The summed E-state index contributed by atoms with van der Waals surface area (Å²) in [7, 11) is 1.49. The van der Waals surface area contributed by atoms with Crippen molar-refractivity contribution in [3.05, 3.63) is 64.5 Å². The van der Waals surface area contributed by atoms with E-state index in [1.165, 1.54) is 7.11 Å². The summed E-state index contributed by atoms with van der Waals surface area (Å²) in [6, 6.07) is 6.95. The van der Waals surface area contributed by atoms with Crippen molar-refractivity contribution >= 4 is 18.2 Å². The highest BCUT2D eigenvalue weighted by atomic mass is 16.7. The summed E-state index contributed by atoms with van der Waals surface area (Å²) >= 11 is 0. The normalized spacial score (nSPS) is 28.9. The number of carboxylic acids is 1. The molecule has 8 atom stereocenters. The lowest BCUT2D eigenvalue weighted by molar-refractivity contribution is -0.851. The zero-order valence-electron chi connectivity index (χ0n) is 26.2. The van der Waals surface area contributed by atoms with E-state index in [1.54, 1.807) is 24.4 Å². The van der Waals surface area contributed by atoms with Crippen LogP contribution in [0.5, 0.6) is 28.7 Å². The largest absolute Gasteiger partial charge is 0.492 e. The van der Waals surface area contributed by atoms with Crippen LogP contribution in [0.2, 0.25) is 0 Å². The molecular weight excluding hydrogens is 648 g/mol. The van der Waals surface area contributed by atoms with Gasteiger partial charge in [0, 0.05) is 34.5 Å². The third kappa shape index (κ3) is 6.18. The molecule has 0 spiro atoms. The molecule has 1 saturated heterocycles. The topological polar surface area (TPSA) is 217 Å². The van der Waals surface area contributed by atoms with Crippen LogP contribution in [0.3, 0.4) is 0 Å². The molecule has 5 aliphatic heterocycles. The van der Waals surface area contributed by atoms with Gasteiger partial charge in [-0.05, 0) is 18.2 Å². The van der Waals surface area contributed by atoms with E-state index in [9.17, 15) is 30.0 Å². The minimum absolute atomic E-state index is 0.201. The Kier molecular flexibility index (Phi) is 8.91. The van der Waals surface area contributed by atoms with Crippen molar-refractivity contribution in [3.8, 4) is 28.7 Å². The molecule has 5 aliphatic rings. The number of carbonyl (C=O) groups is 2. The number of aliphatic imine (C=N–C) groups is 1. The molecule has 6 N–H and O–H groups in total. The number of hydrogen-bond donors (Lipinski definition) is 6. The van der Waals surface area contributed by atoms with Crippen LogP contribution in [0.4, 0.5) is 0 Å². The number of nitrogens with zero attached hydrogens (tertiary/aromatic N) is 1. The Morgan fingerprint density at radius 2 is 1.96 bits per heavy atom. The zero-order chi connectivity index (χ0) is 34.4. The van der Waals surface area contributed by atoms with Gasteiger partial charge in [0.15, 0.2) is 18.3 Å². The van der Waals surface area contributed by atoms with E-state index >= 15 is 0 Å². The summed E-state index contributed by atoms with van der Waals surface area (Å²) in [6.07, 6.45) is -3.53. The molecule has 0 radical (unpaired) electrons. The zero-order valence-corrected chi connectivity index (χ0v) is 26.2. The van der Waals surface area contributed by atoms with E-state index < -0.39 is 68.6 Å². The smallest absolute Gasteiger partial charge is 0.317 e. The van der Waals surface area contributed by atoms with Gasteiger partial charge in [-0.1, -0.05) is 6.07 Å². The molecule has 16 heteroatoms. The summed E-state index contributed by atoms with van der Waals surface area (Å²) in [5.41, 5.74) is 4.43. The lowest BCUT2D eigenvalue weighted by Gasteiger charge is -2.40. The van der Waals surface area contributed by atoms with Crippen LogP contribution < -0.4 is 28.6 Å². The number of aliphatic hydroxyl groups excluding tert-OH is 4. The predicted molar refractivity (Wildman–Crippen MR) is 163 cm³/mol. The minimum Gasteiger partial charge on any atom is -0.492 e. The first-order valence-electron chi connectivity index (χ1n) is 15.6. The Morgan fingerprint density at radius 1 is 1.12 bits per heavy atom. The number of fused-ring (bicyclic) bond motifs is 6. The fourth-order valence-electron chi connectivity index (χ4n) is 6.79. The first-order valence-corrected chi connectivity index (χ1v) is 15.6. The van der Waals surface area contributed by atoms with Gasteiger partial charge < -0.3 is 58.7 Å². The van der Waals surface area contributed by atoms with Crippen molar-refractivity contribution in [3.63, 3.8) is 0 Å². The number of benzene rings is 2. The average molecular weight is 684 g/mol. The molecule has 260 valence electrons. The lowest BCUT2D eigenvalue weighted by Crippen LogP contribution is -3.04. The standard InChI is InChI=1S/C33H34N2O14/c1-43-32-21(46-14-36)3-2-18-19-12-44-22-7-17(47-33-29(42)28(41)27(40)23(48-33)13-45-25(39)8-24(37)38)6-16(26(22)30(19)49-31(18)32)10-35-9-15-4-5-34-20(15)11-35/h2-7,11,19,23,27-30,33,36,40-42H,8-10,12-14H2,1H3,(H,37,38)/p+1/t19-,23+,27+,28-,29+,30+,33+/m0/s1. The third-order valence-electron chi connectivity index (χ3n) is 9.06. The van der Waals surface area contributed by atoms with Gasteiger partial charge in [-0.25, -0.2) is 0 Å². The van der Waals surface area contributed by atoms with Crippen molar-refractivity contribution in [1.29, 1.82) is 0 Å². The van der Waals surface area contributed by atoms with Crippen molar-refractivity contribution in [2.45, 2.75) is 55.7 Å². The van der Waals surface area contributed by atoms with Crippen LogP contribution in [-0.4, -0.2) is 108 Å². The van der Waals surface area contributed by atoms with Crippen LogP contribution in [0.25, 0.3) is 0 Å². The highest BCUT2D eigenvalue weighted by molar-refractivity contribution is 5.90. The van der Waals surface area contributed by atoms with E-state index in [2.05, 4.69) is 4.99 Å². The van der Waals surface area contributed by atoms with Crippen molar-refractivity contribution in [1.82, 2.24) is 0 Å². The molecule has 0 aliphatic carbocycles. The molecular formula is C33H35N2O14+. The highest BCUT2D eigenvalue weighted by Gasteiger charge is 2.47. The Morgan fingerprint density at radius 3 is 2.71 bits per heavy atom. The van der Waals surface area contributed by atoms with E-state index in [1.807, 2.05) is 18.3 Å². The van der Waals surface area contributed by atoms with Gasteiger partial charge in [0.25, 0.3) is 0 Å². The van der Waals surface area contributed by atoms with Crippen LogP contribution in [-0.2, 0) is 25.6 Å². The number of nitrogens with one attached hydrogen (secondary N) is 1. The second-order valence-corrected chi connectivity index (χ2v) is 12.1. The fraction of sp³-hybridized carbons (Fsp3) is 0.424. The molecule has 7 rings (SSSR count). The van der Waals surface area contributed by atoms with Gasteiger partial charge in [-0.2, -0.15) is 0 Å². The number of ether oxygens (including phenoxy) is 7. The number of carboxylic acid groups (broad SMARTS) is 1. The molecule has 0 aromatic heterocycles. The molecule has 49 heavy (non-hydrogen) atoms. The van der Waals surface area contributed by atoms with Crippen LogP contribution in [0.1, 0.15) is 35.1 Å². The van der Waals surface area contributed by atoms with Crippen molar-refractivity contribution in [2.24, 2.45) is 4.99 Å². The molecule has 2 aromatic carbocycles. The number of aliphatic hydroxyl groups is 4. The predicted octanol–water partition coefficient (Wildman–Crippen LogP) is -0.911. The van der Waals surface area contributed by atoms with Gasteiger partial charge in [-0.3, -0.25) is 19.5 Å². The Bertz CT molecular complexity index is 1740. The summed E-state index contributed by atoms with van der Waals surface area (Å²) in [5.74, 6) is -0.816. The van der Waals surface area contributed by atoms with Crippen molar-refractivity contribution in [2.75, 3.05) is 33.7 Å². The molecule has 1 fully saturated rings. The summed E-state index contributed by atoms with van der Waals surface area (Å²) in [6.45, 7) is 0.279. The molecule has 0 saturated carbocycles. The van der Waals surface area contributed by atoms with Gasteiger partial charge >= 0.3 is 11.9 Å². The minimum atomic E-state index is -1.73. The number of methoxy groups -OCH3 is 1. The molecule has 5 heterocycles. The third-order valence-corrected chi connectivity index (χ3v) is 9.06. The van der Waals surface area contributed by atoms with E-state index in [0.29, 0.717) is 36.1 Å². The second kappa shape index (κ2) is 13.3. The summed E-state index contributed by atoms with van der Waals surface area (Å²) in [5, 5.41) is 50.0. The number of quaternary nitrogens is 1. The molecule has 16 nitrogen and oxygen atoms in total. The number of allylic oxidation sites excluding steroid dienone is 1. The number of esters is 1. The number of carbonyl (C=O) groups excluding carboxylic acids is 1. The van der Waals surface area contributed by atoms with Crippen LogP contribution in [0.15, 0.2) is 52.8 Å². The second-order valence-electron chi connectivity index (χ2n) is 12.1. The Labute approximate surface area is 278 Å². The maximum atomic E-state index is 11.8. The summed E-state index contributed by atoms with van der Waals surface area (Å²) < 4.78 is 40.5. The number of hydrogen-bond acceptors (Lipinski definition) is 14. The quantitative estimate of drug-likeness (QED) is 0.0961. The summed E-state index contributed by atoms with van der Waals surface area (Å²) in [4.78, 5) is 28.1. The first kappa shape index (κ1) is 32.8. The molecule has 0 bridgehead atoms. The van der Waals surface area contributed by atoms with Crippen LogP contribution >= 0.6 is 0 Å². The van der Waals surface area contributed by atoms with E-state index in [-0.39, 0.29) is 18.3 Å². The number of aliphatic carboxylic acids is 1. The maximum Gasteiger partial charge on any atom is 0.317 e. The first-order chi connectivity index (χ1) is 23.6. The SMILES string of the molecule is COc1c(OCO)ccc2c1O[C@H]1c3c(C[NH+]4C=C5N=CC=C5C4)cc(O[C@@H]4O[C@H](COC(=O)CC(=O)O)[C@@H](O)[C@H](O)[C@H]4O)cc3OC[C@@H]21.